The first-order valence-electron chi connectivity index (χ1n) is 5.76. The third-order valence-electron chi connectivity index (χ3n) is 2.29. The monoisotopic (exact) mass is 380 g/mol. The highest BCUT2D eigenvalue weighted by Gasteiger charge is 2.13. The molecule has 3 N–H and O–H groups in total. The summed E-state index contributed by atoms with van der Waals surface area (Å²) in [6, 6.07) is 1.27. The number of rotatable bonds is 5. The molecular weight excluding hydrogens is 370 g/mol. The zero-order chi connectivity index (χ0) is 16.0. The Kier molecular flexibility index (Phi) is 6.57. The first-order valence-corrected chi connectivity index (χ1v) is 6.94. The van der Waals surface area contributed by atoms with Crippen molar-refractivity contribution >= 4 is 51.1 Å². The molecule has 0 aliphatic carbocycles. The van der Waals surface area contributed by atoms with Gasteiger partial charge in [-0.15, -0.1) is 0 Å². The van der Waals surface area contributed by atoms with Crippen LogP contribution in [0.25, 0.3) is 0 Å². The van der Waals surface area contributed by atoms with Gasteiger partial charge in [0.2, 0.25) is 5.91 Å². The van der Waals surface area contributed by atoms with Gasteiger partial charge in [-0.3, -0.25) is 14.9 Å². The Balaban J connectivity index is 2.54. The number of imide groups is 1. The van der Waals surface area contributed by atoms with Gasteiger partial charge in [0.25, 0.3) is 0 Å². The highest BCUT2D eigenvalue weighted by molar-refractivity contribution is 9.10. The quantitative estimate of drug-likeness (QED) is 0.730. The average Bonchev–Trinajstić information content (AvgIpc) is 2.33. The molecule has 3 amide bonds. The number of carbonyl (C=O) groups excluding carboxylic acids is 2. The summed E-state index contributed by atoms with van der Waals surface area (Å²) < 4.78 is 13.2. The van der Waals surface area contributed by atoms with E-state index in [0.29, 0.717) is 0 Å². The maximum Gasteiger partial charge on any atom is 0.325 e. The molecule has 0 saturated heterocycles. The van der Waals surface area contributed by atoms with Gasteiger partial charge in [-0.05, 0) is 34.5 Å². The van der Waals surface area contributed by atoms with Crippen molar-refractivity contribution in [3.05, 3.63) is 27.4 Å². The van der Waals surface area contributed by atoms with E-state index < -0.39 is 23.7 Å². The molecule has 0 aliphatic rings. The Morgan fingerprint density at radius 2 is 1.95 bits per heavy atom. The number of carboxylic acids is 1. The fourth-order valence-electron chi connectivity index (χ4n) is 1.40. The molecule has 1 aromatic rings. The molecule has 0 atom stereocenters. The second-order valence-electron chi connectivity index (χ2n) is 3.99. The number of urea groups is 1. The molecule has 9 heteroatoms. The summed E-state index contributed by atoms with van der Waals surface area (Å²) in [5.74, 6) is -2.22. The highest BCUT2D eigenvalue weighted by Crippen LogP contribution is 2.31. The van der Waals surface area contributed by atoms with Crippen molar-refractivity contribution in [3.63, 3.8) is 0 Å². The van der Waals surface area contributed by atoms with Crippen LogP contribution in [0.3, 0.4) is 0 Å². The van der Waals surface area contributed by atoms with Crippen LogP contribution in [0, 0.1) is 5.82 Å². The van der Waals surface area contributed by atoms with Crippen LogP contribution in [-0.4, -0.2) is 23.0 Å². The van der Waals surface area contributed by atoms with Gasteiger partial charge in [0, 0.05) is 17.3 Å². The van der Waals surface area contributed by atoms with Crippen LogP contribution in [0.2, 0.25) is 5.02 Å². The molecule has 0 fully saturated rings. The largest absolute Gasteiger partial charge is 0.481 e. The number of anilines is 1. The van der Waals surface area contributed by atoms with E-state index in [4.69, 9.17) is 16.7 Å². The Hall–Kier alpha value is -1.67. The van der Waals surface area contributed by atoms with E-state index in [1.165, 1.54) is 0 Å². The fourth-order valence-corrected chi connectivity index (χ4v) is 2.29. The van der Waals surface area contributed by atoms with Gasteiger partial charge in [0.15, 0.2) is 0 Å². The number of carboxylic acid groups (broad SMARTS) is 1. The minimum absolute atomic E-state index is 0.0321. The summed E-state index contributed by atoms with van der Waals surface area (Å²) in [6.45, 7) is 0. The molecule has 0 spiro atoms. The lowest BCUT2D eigenvalue weighted by Gasteiger charge is -2.10. The maximum absolute atomic E-state index is 13.0. The molecule has 114 valence electrons. The predicted molar refractivity (Wildman–Crippen MR) is 77.8 cm³/mol. The topological polar surface area (TPSA) is 95.5 Å². The van der Waals surface area contributed by atoms with Crippen LogP contribution >= 0.6 is 27.5 Å². The minimum Gasteiger partial charge on any atom is -0.481 e. The number of amides is 3. The third kappa shape index (κ3) is 6.09. The summed E-state index contributed by atoms with van der Waals surface area (Å²) in [7, 11) is 0. The van der Waals surface area contributed by atoms with Gasteiger partial charge < -0.3 is 10.4 Å². The molecular formula is C12H11BrClFN2O4. The second-order valence-corrected chi connectivity index (χ2v) is 5.26. The molecule has 0 bridgehead atoms. The lowest BCUT2D eigenvalue weighted by Crippen LogP contribution is -2.34. The Labute approximate surface area is 132 Å². The second kappa shape index (κ2) is 7.94. The average molecular weight is 382 g/mol. The van der Waals surface area contributed by atoms with Gasteiger partial charge in [0.1, 0.15) is 5.82 Å². The number of hydrogen-bond acceptors (Lipinski definition) is 3. The smallest absolute Gasteiger partial charge is 0.325 e. The summed E-state index contributed by atoms with van der Waals surface area (Å²) in [6.07, 6.45) is -0.141. The van der Waals surface area contributed by atoms with E-state index in [1.807, 2.05) is 5.32 Å². The summed E-state index contributed by atoms with van der Waals surface area (Å²) >= 11 is 8.80. The van der Waals surface area contributed by atoms with Crippen molar-refractivity contribution in [1.82, 2.24) is 5.32 Å². The predicted octanol–water partition coefficient (Wildman–Crippen LogP) is 3.14. The summed E-state index contributed by atoms with van der Waals surface area (Å²) in [5, 5.41) is 12.7. The molecule has 0 saturated carbocycles. The third-order valence-corrected chi connectivity index (χ3v) is 3.22. The number of carbonyl (C=O) groups is 3. The molecule has 1 rings (SSSR count). The van der Waals surface area contributed by atoms with E-state index in [-0.39, 0.29) is 34.4 Å². The SMILES string of the molecule is O=C(O)CCCC(=O)NC(=O)Nc1c(Cl)cc(F)cc1Br. The van der Waals surface area contributed by atoms with Crippen molar-refractivity contribution in [1.29, 1.82) is 0 Å². The van der Waals surface area contributed by atoms with Crippen molar-refractivity contribution in [2.24, 2.45) is 0 Å². The van der Waals surface area contributed by atoms with E-state index in [9.17, 15) is 18.8 Å². The highest BCUT2D eigenvalue weighted by atomic mass is 79.9. The van der Waals surface area contributed by atoms with Crippen LogP contribution in [-0.2, 0) is 9.59 Å². The first-order chi connectivity index (χ1) is 9.79. The lowest BCUT2D eigenvalue weighted by molar-refractivity contribution is -0.137. The molecule has 21 heavy (non-hydrogen) atoms. The molecule has 0 heterocycles. The standard InChI is InChI=1S/C12H11BrClFN2O4/c13-7-4-6(15)5-8(14)11(7)17-12(21)16-9(18)2-1-3-10(19)20/h4-5H,1-3H2,(H,19,20)(H2,16,17,18,21). The number of nitrogens with one attached hydrogen (secondary N) is 2. The Morgan fingerprint density at radius 3 is 2.52 bits per heavy atom. The van der Waals surface area contributed by atoms with Crippen LogP contribution in [0.5, 0.6) is 0 Å². The van der Waals surface area contributed by atoms with Crippen LogP contribution in [0.1, 0.15) is 19.3 Å². The van der Waals surface area contributed by atoms with Crippen molar-refractivity contribution < 1.29 is 23.9 Å². The molecule has 0 radical (unpaired) electrons. The van der Waals surface area contributed by atoms with Crippen molar-refractivity contribution in [2.75, 3.05) is 5.32 Å². The van der Waals surface area contributed by atoms with E-state index >= 15 is 0 Å². The molecule has 0 aromatic heterocycles. The van der Waals surface area contributed by atoms with E-state index in [2.05, 4.69) is 21.2 Å². The van der Waals surface area contributed by atoms with Gasteiger partial charge >= 0.3 is 12.0 Å². The zero-order valence-corrected chi connectivity index (χ0v) is 12.9. The van der Waals surface area contributed by atoms with Crippen LogP contribution < -0.4 is 10.6 Å². The lowest BCUT2D eigenvalue weighted by atomic mass is 10.2. The molecule has 1 aromatic carbocycles. The number of halogens is 3. The van der Waals surface area contributed by atoms with Gasteiger partial charge in [-0.1, -0.05) is 11.6 Å². The molecule has 6 nitrogen and oxygen atoms in total. The minimum atomic E-state index is -1.02. The van der Waals surface area contributed by atoms with E-state index in [0.717, 1.165) is 12.1 Å². The number of hydrogen-bond donors (Lipinski definition) is 3. The first kappa shape index (κ1) is 17.4. The Morgan fingerprint density at radius 1 is 1.29 bits per heavy atom. The normalized spacial score (nSPS) is 10.0. The van der Waals surface area contributed by atoms with Crippen molar-refractivity contribution in [3.8, 4) is 0 Å². The van der Waals surface area contributed by atoms with Crippen molar-refractivity contribution in [2.45, 2.75) is 19.3 Å². The van der Waals surface area contributed by atoms with Gasteiger partial charge in [-0.25, -0.2) is 9.18 Å². The summed E-state index contributed by atoms with van der Waals surface area (Å²) in [5.41, 5.74) is 0.119. The van der Waals surface area contributed by atoms with Gasteiger partial charge in [0.05, 0.1) is 10.7 Å². The fraction of sp³-hybridized carbons (Fsp3) is 0.250. The number of aliphatic carboxylic acids is 1. The van der Waals surface area contributed by atoms with Gasteiger partial charge in [-0.2, -0.15) is 0 Å². The molecule has 0 unspecified atom stereocenters. The van der Waals surface area contributed by atoms with Crippen LogP contribution in [0.4, 0.5) is 14.9 Å². The van der Waals surface area contributed by atoms with E-state index in [1.54, 1.807) is 0 Å². The summed E-state index contributed by atoms with van der Waals surface area (Å²) in [4.78, 5) is 33.2. The number of benzene rings is 1. The van der Waals surface area contributed by atoms with Crippen LogP contribution in [0.15, 0.2) is 16.6 Å². The Bertz CT molecular complexity index is 559. The maximum atomic E-state index is 13.0. The zero-order valence-electron chi connectivity index (χ0n) is 10.6. The molecule has 0 aliphatic heterocycles.